The third-order valence-electron chi connectivity index (χ3n) is 2.87. The minimum atomic E-state index is -2.90. The van der Waals surface area contributed by atoms with Gasteiger partial charge in [-0.15, -0.1) is 0 Å². The second-order valence-electron chi connectivity index (χ2n) is 4.48. The van der Waals surface area contributed by atoms with Gasteiger partial charge in [0.2, 0.25) is 5.91 Å². The number of carbonyl (C=O) groups excluding carboxylic acids is 1. The Bertz CT molecular complexity index is 630. The van der Waals surface area contributed by atoms with Crippen molar-refractivity contribution in [3.63, 3.8) is 0 Å². The maximum Gasteiger partial charge on any atom is 0.387 e. The molecule has 22 heavy (non-hydrogen) atoms. The maximum atomic E-state index is 12.1. The summed E-state index contributed by atoms with van der Waals surface area (Å²) in [4.78, 5) is 11.9. The molecule has 1 amide bonds. The van der Waals surface area contributed by atoms with E-state index in [2.05, 4.69) is 10.1 Å². The zero-order valence-electron chi connectivity index (χ0n) is 11.9. The van der Waals surface area contributed by atoms with Gasteiger partial charge in [-0.05, 0) is 29.8 Å². The van der Waals surface area contributed by atoms with E-state index in [4.69, 9.17) is 4.74 Å². The lowest BCUT2D eigenvalue weighted by Gasteiger charge is -2.08. The highest BCUT2D eigenvalue weighted by atomic mass is 19.3. The molecule has 2 aromatic rings. The zero-order valence-corrected chi connectivity index (χ0v) is 11.9. The molecule has 0 saturated carbocycles. The van der Waals surface area contributed by atoms with Crippen molar-refractivity contribution in [2.45, 2.75) is 13.0 Å². The van der Waals surface area contributed by atoms with Crippen molar-refractivity contribution in [2.24, 2.45) is 0 Å². The van der Waals surface area contributed by atoms with Crippen molar-refractivity contribution in [1.82, 2.24) is 0 Å². The second kappa shape index (κ2) is 7.40. The molecule has 1 N–H and O–H groups in total. The standard InChI is InChI=1S/C16H15F2NO3/c1-21-13-7-5-11(6-8-13)9-15(20)19-12-3-2-4-14(10-12)22-16(17)18/h2-8,10,16H,9H2,1H3,(H,19,20). The Labute approximate surface area is 126 Å². The molecule has 2 aromatic carbocycles. The van der Waals surface area contributed by atoms with Crippen molar-refractivity contribution in [1.29, 1.82) is 0 Å². The molecule has 0 bridgehead atoms. The molecule has 2 rings (SSSR count). The molecule has 0 aromatic heterocycles. The van der Waals surface area contributed by atoms with Crippen LogP contribution in [0.3, 0.4) is 0 Å². The molecule has 0 aliphatic carbocycles. The van der Waals surface area contributed by atoms with Gasteiger partial charge in [-0.3, -0.25) is 4.79 Å². The van der Waals surface area contributed by atoms with Gasteiger partial charge in [-0.2, -0.15) is 8.78 Å². The van der Waals surface area contributed by atoms with Crippen molar-refractivity contribution in [3.8, 4) is 11.5 Å². The average molecular weight is 307 g/mol. The maximum absolute atomic E-state index is 12.1. The fourth-order valence-corrected chi connectivity index (χ4v) is 1.88. The van der Waals surface area contributed by atoms with Crippen LogP contribution in [-0.4, -0.2) is 19.6 Å². The number of hydrogen-bond donors (Lipinski definition) is 1. The van der Waals surface area contributed by atoms with Crippen LogP contribution in [0.4, 0.5) is 14.5 Å². The van der Waals surface area contributed by atoms with Gasteiger partial charge >= 0.3 is 6.61 Å². The lowest BCUT2D eigenvalue weighted by Crippen LogP contribution is -2.14. The molecular weight excluding hydrogens is 292 g/mol. The molecule has 6 heteroatoms. The number of amides is 1. The Balaban J connectivity index is 1.96. The summed E-state index contributed by atoms with van der Waals surface area (Å²) >= 11 is 0. The summed E-state index contributed by atoms with van der Waals surface area (Å²) in [7, 11) is 1.57. The molecule has 0 aliphatic heterocycles. The molecular formula is C16H15F2NO3. The molecule has 0 unspecified atom stereocenters. The molecule has 0 spiro atoms. The van der Waals surface area contributed by atoms with Crippen LogP contribution in [0.25, 0.3) is 0 Å². The van der Waals surface area contributed by atoms with Gasteiger partial charge in [0, 0.05) is 11.8 Å². The topological polar surface area (TPSA) is 47.6 Å². The molecule has 0 aliphatic rings. The quantitative estimate of drug-likeness (QED) is 0.889. The van der Waals surface area contributed by atoms with Crippen LogP contribution in [0.2, 0.25) is 0 Å². The summed E-state index contributed by atoms with van der Waals surface area (Å²) in [6.07, 6.45) is 0.171. The lowest BCUT2D eigenvalue weighted by molar-refractivity contribution is -0.115. The third-order valence-corrected chi connectivity index (χ3v) is 2.87. The third kappa shape index (κ3) is 4.73. The smallest absolute Gasteiger partial charge is 0.387 e. The zero-order chi connectivity index (χ0) is 15.9. The number of benzene rings is 2. The van der Waals surface area contributed by atoms with E-state index in [9.17, 15) is 13.6 Å². The van der Waals surface area contributed by atoms with Crippen LogP contribution in [0.1, 0.15) is 5.56 Å². The number of hydrogen-bond acceptors (Lipinski definition) is 3. The molecule has 0 atom stereocenters. The summed E-state index contributed by atoms with van der Waals surface area (Å²) in [6.45, 7) is -2.90. The largest absolute Gasteiger partial charge is 0.497 e. The van der Waals surface area contributed by atoms with E-state index in [1.807, 2.05) is 0 Å². The molecule has 0 radical (unpaired) electrons. The van der Waals surface area contributed by atoms with E-state index in [0.717, 1.165) is 5.56 Å². The van der Waals surface area contributed by atoms with Crippen LogP contribution in [0.5, 0.6) is 11.5 Å². The van der Waals surface area contributed by atoms with Gasteiger partial charge < -0.3 is 14.8 Å². The van der Waals surface area contributed by atoms with Gasteiger partial charge in [-0.1, -0.05) is 18.2 Å². The van der Waals surface area contributed by atoms with Crippen molar-refractivity contribution >= 4 is 11.6 Å². The van der Waals surface area contributed by atoms with Crippen molar-refractivity contribution in [2.75, 3.05) is 12.4 Å². The van der Waals surface area contributed by atoms with E-state index in [-0.39, 0.29) is 18.1 Å². The highest BCUT2D eigenvalue weighted by molar-refractivity contribution is 5.92. The van der Waals surface area contributed by atoms with E-state index >= 15 is 0 Å². The Morgan fingerprint density at radius 1 is 1.14 bits per heavy atom. The summed E-state index contributed by atoms with van der Waals surface area (Å²) in [6, 6.07) is 13.0. The predicted molar refractivity (Wildman–Crippen MR) is 78.4 cm³/mol. The number of carbonyl (C=O) groups is 1. The second-order valence-corrected chi connectivity index (χ2v) is 4.48. The van der Waals surface area contributed by atoms with Crippen LogP contribution < -0.4 is 14.8 Å². The van der Waals surface area contributed by atoms with E-state index < -0.39 is 6.61 Å². The summed E-state index contributed by atoms with van der Waals surface area (Å²) in [5.74, 6) is 0.456. The van der Waals surface area contributed by atoms with Crippen LogP contribution in [0, 0.1) is 0 Å². The summed E-state index contributed by atoms with van der Waals surface area (Å²) < 4.78 is 33.6. The monoisotopic (exact) mass is 307 g/mol. The molecule has 4 nitrogen and oxygen atoms in total. The molecule has 0 saturated heterocycles. The highest BCUT2D eigenvalue weighted by Gasteiger charge is 2.07. The number of nitrogens with one attached hydrogen (secondary N) is 1. The normalized spacial score (nSPS) is 10.4. The Kier molecular flexibility index (Phi) is 5.30. The number of methoxy groups -OCH3 is 1. The first-order valence-electron chi connectivity index (χ1n) is 6.54. The number of anilines is 1. The van der Waals surface area contributed by atoms with Gasteiger partial charge in [0.1, 0.15) is 11.5 Å². The fraction of sp³-hybridized carbons (Fsp3) is 0.188. The number of halogens is 2. The number of alkyl halides is 2. The van der Waals surface area contributed by atoms with E-state index in [1.54, 1.807) is 37.4 Å². The first kappa shape index (κ1) is 15.8. The number of rotatable bonds is 6. The minimum absolute atomic E-state index is 0.00255. The SMILES string of the molecule is COc1ccc(CC(=O)Nc2cccc(OC(F)F)c2)cc1. The van der Waals surface area contributed by atoms with Crippen LogP contribution in [0.15, 0.2) is 48.5 Å². The van der Waals surface area contributed by atoms with Crippen LogP contribution >= 0.6 is 0 Å². The Morgan fingerprint density at radius 3 is 2.50 bits per heavy atom. The van der Waals surface area contributed by atoms with Crippen molar-refractivity contribution in [3.05, 3.63) is 54.1 Å². The van der Waals surface area contributed by atoms with E-state index in [1.165, 1.54) is 18.2 Å². The first-order valence-corrected chi connectivity index (χ1v) is 6.54. The van der Waals surface area contributed by atoms with Crippen LogP contribution in [-0.2, 0) is 11.2 Å². The summed E-state index contributed by atoms with van der Waals surface area (Å²) in [5, 5.41) is 2.64. The number of ether oxygens (including phenoxy) is 2. The highest BCUT2D eigenvalue weighted by Crippen LogP contribution is 2.19. The molecule has 0 fully saturated rings. The average Bonchev–Trinajstić information content (AvgIpc) is 2.47. The lowest BCUT2D eigenvalue weighted by atomic mass is 10.1. The van der Waals surface area contributed by atoms with Crippen molar-refractivity contribution < 1.29 is 23.0 Å². The molecule has 116 valence electrons. The van der Waals surface area contributed by atoms with E-state index in [0.29, 0.717) is 11.4 Å². The Morgan fingerprint density at radius 2 is 1.86 bits per heavy atom. The van der Waals surface area contributed by atoms with Gasteiger partial charge in [0.05, 0.1) is 13.5 Å². The summed E-state index contributed by atoms with van der Waals surface area (Å²) in [5.41, 5.74) is 1.22. The predicted octanol–water partition coefficient (Wildman–Crippen LogP) is 3.48. The van der Waals surface area contributed by atoms with Gasteiger partial charge in [-0.25, -0.2) is 0 Å². The molecule has 0 heterocycles. The first-order chi connectivity index (χ1) is 10.6. The Hall–Kier alpha value is -2.63. The van der Waals surface area contributed by atoms with Gasteiger partial charge in [0.15, 0.2) is 0 Å². The minimum Gasteiger partial charge on any atom is -0.497 e. The fourth-order valence-electron chi connectivity index (χ4n) is 1.88. The van der Waals surface area contributed by atoms with Gasteiger partial charge in [0.25, 0.3) is 0 Å².